The second-order valence-corrected chi connectivity index (χ2v) is 10.2. The van der Waals surface area contributed by atoms with E-state index in [0.717, 1.165) is 0 Å². The van der Waals surface area contributed by atoms with Crippen molar-refractivity contribution in [3.05, 3.63) is 23.8 Å². The summed E-state index contributed by atoms with van der Waals surface area (Å²) in [5.41, 5.74) is 5.83. The highest BCUT2D eigenvalue weighted by molar-refractivity contribution is 7.85. The van der Waals surface area contributed by atoms with Crippen LogP contribution in [0.5, 0.6) is 5.75 Å². The van der Waals surface area contributed by atoms with Gasteiger partial charge in [0.25, 0.3) is 10.1 Å². The first-order valence-electron chi connectivity index (χ1n) is 8.95. The predicted molar refractivity (Wildman–Crippen MR) is 114 cm³/mol. The summed E-state index contributed by atoms with van der Waals surface area (Å²) in [5.74, 6) is -1.06. The molecule has 0 amide bonds. The Labute approximate surface area is 170 Å². The van der Waals surface area contributed by atoms with Gasteiger partial charge in [0.15, 0.2) is 5.75 Å². The molecule has 10 heteroatoms. The first-order valence-corrected chi connectivity index (χ1v) is 10.6. The lowest BCUT2D eigenvalue weighted by Gasteiger charge is -2.15. The molecule has 0 bridgehead atoms. The lowest BCUT2D eigenvalue weighted by atomic mass is 10.0. The largest absolute Gasteiger partial charge is 0.505 e. The van der Waals surface area contributed by atoms with Gasteiger partial charge in [-0.25, -0.2) is 0 Å². The van der Waals surface area contributed by atoms with E-state index in [-0.39, 0.29) is 28.1 Å². The zero-order valence-corrected chi connectivity index (χ0v) is 18.2. The lowest BCUT2D eigenvalue weighted by molar-refractivity contribution is 0.478. The summed E-state index contributed by atoms with van der Waals surface area (Å²) < 4.78 is 32.2. The summed E-state index contributed by atoms with van der Waals surface area (Å²) in [6, 6.07) is 4.77. The molecule has 0 radical (unpaired) electrons. The predicted octanol–water partition coefficient (Wildman–Crippen LogP) is 5.28. The Balaban J connectivity index is 2.80. The molecule has 0 spiro atoms. The Morgan fingerprint density at radius 2 is 1.55 bits per heavy atom. The fraction of sp³-hybridized carbons (Fsp3) is 0.474. The van der Waals surface area contributed by atoms with Gasteiger partial charge in [-0.05, 0) is 59.1 Å². The number of hydrogen-bond donors (Lipinski definition) is 3. The first kappa shape index (κ1) is 22.7. The Morgan fingerprint density at radius 3 is 2.07 bits per heavy atom. The molecule has 0 heterocycles. The Bertz CT molecular complexity index is 1090. The monoisotopic (exact) mass is 421 g/mol. The zero-order valence-electron chi connectivity index (χ0n) is 17.4. The van der Waals surface area contributed by atoms with E-state index in [1.807, 2.05) is 20.8 Å². The number of benzene rings is 2. The van der Waals surface area contributed by atoms with E-state index in [1.54, 1.807) is 32.9 Å². The van der Waals surface area contributed by atoms with Gasteiger partial charge in [0.2, 0.25) is 0 Å². The van der Waals surface area contributed by atoms with Gasteiger partial charge in [0.05, 0.1) is 22.2 Å². The molecule has 0 fully saturated rings. The van der Waals surface area contributed by atoms with Crippen molar-refractivity contribution in [2.24, 2.45) is 20.5 Å². The van der Waals surface area contributed by atoms with Gasteiger partial charge in [-0.2, -0.15) is 28.9 Å². The maximum atomic E-state index is 11.5. The lowest BCUT2D eigenvalue weighted by Crippen LogP contribution is -2.08. The summed E-state index contributed by atoms with van der Waals surface area (Å²) in [5, 5.41) is 28.1. The van der Waals surface area contributed by atoms with Crippen LogP contribution in [-0.4, -0.2) is 29.2 Å². The number of aromatic hydroxyl groups is 1. The van der Waals surface area contributed by atoms with Crippen LogP contribution in [0.15, 0.2) is 38.7 Å². The Kier molecular flexibility index (Phi) is 6.01. The van der Waals surface area contributed by atoms with E-state index in [4.69, 9.17) is 5.73 Å². The number of rotatable bonds is 4. The maximum absolute atomic E-state index is 11.5. The number of nitrogens with zero attached hydrogens (tertiary/aromatic N) is 4. The molecule has 29 heavy (non-hydrogen) atoms. The highest BCUT2D eigenvalue weighted by Crippen LogP contribution is 2.45. The van der Waals surface area contributed by atoms with E-state index < -0.39 is 26.9 Å². The quantitative estimate of drug-likeness (QED) is 0.348. The number of phenols is 1. The van der Waals surface area contributed by atoms with Crippen LogP contribution in [0.25, 0.3) is 10.8 Å². The molecule has 0 saturated heterocycles. The topological polar surface area (TPSA) is 150 Å². The summed E-state index contributed by atoms with van der Waals surface area (Å²) in [4.78, 5) is 0. The number of azo groups is 2. The molecule has 0 aliphatic heterocycles. The van der Waals surface area contributed by atoms with Crippen molar-refractivity contribution in [3.63, 3.8) is 0 Å². The maximum Gasteiger partial charge on any atom is 0.269 e. The van der Waals surface area contributed by atoms with Crippen LogP contribution in [-0.2, 0) is 15.9 Å². The number of hydrogen-bond acceptors (Lipinski definition) is 8. The molecular formula is C19H27N5O4S. The van der Waals surface area contributed by atoms with Crippen LogP contribution in [0.3, 0.4) is 0 Å². The molecule has 0 aliphatic rings. The van der Waals surface area contributed by atoms with Gasteiger partial charge in [-0.1, -0.05) is 6.07 Å². The normalized spacial score (nSPS) is 13.8. The summed E-state index contributed by atoms with van der Waals surface area (Å²) in [6.45, 7) is 11.1. The molecule has 2 aromatic rings. The van der Waals surface area contributed by atoms with Crippen LogP contribution in [0.1, 0.15) is 47.1 Å². The third kappa shape index (κ3) is 6.20. The highest BCUT2D eigenvalue weighted by Gasteiger charge is 2.21. The van der Waals surface area contributed by atoms with Crippen molar-refractivity contribution in [2.75, 3.05) is 5.73 Å². The minimum absolute atomic E-state index is 0.0679. The molecule has 0 aromatic heterocycles. The molecule has 4 N–H and O–H groups in total. The van der Waals surface area contributed by atoms with Crippen LogP contribution in [0.2, 0.25) is 0 Å². The third-order valence-corrected chi connectivity index (χ3v) is 4.27. The third-order valence-electron chi connectivity index (χ3n) is 3.60. The van der Waals surface area contributed by atoms with Crippen LogP contribution in [0, 0.1) is 0 Å². The van der Waals surface area contributed by atoms with Gasteiger partial charge in [-0.15, -0.1) is 0 Å². The zero-order chi connectivity index (χ0) is 22.2. The van der Waals surface area contributed by atoms with Crippen molar-refractivity contribution in [2.45, 2.75) is 58.4 Å². The molecule has 0 saturated carbocycles. The van der Waals surface area contributed by atoms with Gasteiger partial charge >= 0.3 is 0 Å². The number of phenolic OH excluding ortho intramolecular Hbond substituents is 1. The average molecular weight is 422 g/mol. The molecule has 158 valence electrons. The minimum Gasteiger partial charge on any atom is -0.505 e. The van der Waals surface area contributed by atoms with Gasteiger partial charge in [0.1, 0.15) is 17.1 Å². The van der Waals surface area contributed by atoms with Crippen molar-refractivity contribution in [1.82, 2.24) is 0 Å². The van der Waals surface area contributed by atoms with E-state index in [0.29, 0.717) is 11.1 Å². The van der Waals surface area contributed by atoms with Crippen molar-refractivity contribution < 1.29 is 18.1 Å². The minimum atomic E-state index is -4.36. The number of anilines is 1. The fourth-order valence-corrected chi connectivity index (χ4v) is 3.06. The Morgan fingerprint density at radius 1 is 1.00 bits per heavy atom. The second-order valence-electron chi connectivity index (χ2n) is 8.80. The van der Waals surface area contributed by atoms with Crippen molar-refractivity contribution >= 4 is 38.0 Å². The van der Waals surface area contributed by atoms with E-state index in [2.05, 4.69) is 20.5 Å². The van der Waals surface area contributed by atoms with Crippen molar-refractivity contribution in [3.8, 4) is 5.75 Å². The summed E-state index contributed by atoms with van der Waals surface area (Å²) in [7, 11) is -4.36. The molecule has 0 unspecified atom stereocenters. The van der Waals surface area contributed by atoms with Crippen LogP contribution >= 0.6 is 0 Å². The molecule has 9 nitrogen and oxygen atoms in total. The Hall–Kier alpha value is -2.59. The van der Waals surface area contributed by atoms with Gasteiger partial charge in [0, 0.05) is 5.56 Å². The highest BCUT2D eigenvalue weighted by atomic mass is 32.2. The van der Waals surface area contributed by atoms with Gasteiger partial charge < -0.3 is 10.8 Å². The smallest absolute Gasteiger partial charge is 0.269 e. The molecular weight excluding hydrogens is 394 g/mol. The number of nitrogens with two attached hydrogens (primary N) is 1. The first-order chi connectivity index (χ1) is 13.1. The molecule has 2 rings (SSSR count). The van der Waals surface area contributed by atoms with Crippen LogP contribution in [0.4, 0.5) is 17.1 Å². The number of fused-ring (bicyclic) bond motifs is 1. The molecule has 2 aromatic carbocycles. The van der Waals surface area contributed by atoms with E-state index >= 15 is 0 Å². The van der Waals surface area contributed by atoms with E-state index in [9.17, 15) is 18.1 Å². The standard InChI is InChI=1S/C19H27N5O4S/c1-18(2,3)23-21-13-8-7-11-9-12(10-29(26,27)28)16(22-24-19(4,5)6)17(25)14(11)15(13)20/h7-9,25H,10,20H2,1-6H3,(H,26,27,28). The van der Waals surface area contributed by atoms with Gasteiger partial charge in [-0.3, -0.25) is 4.55 Å². The van der Waals surface area contributed by atoms with Crippen LogP contribution < -0.4 is 5.73 Å². The SMILES string of the molecule is CC(C)(C)N=Nc1ccc2cc(CS(=O)(=O)O)c(N=NC(C)(C)C)c(O)c2c1N. The summed E-state index contributed by atoms with van der Waals surface area (Å²) >= 11 is 0. The second kappa shape index (κ2) is 7.68. The van der Waals surface area contributed by atoms with E-state index in [1.165, 1.54) is 6.07 Å². The molecule has 0 atom stereocenters. The molecule has 0 aliphatic carbocycles. The number of nitrogen functional groups attached to an aromatic ring is 1. The average Bonchev–Trinajstić information content (AvgIpc) is 2.50. The van der Waals surface area contributed by atoms with Crippen molar-refractivity contribution in [1.29, 1.82) is 0 Å². The fourth-order valence-electron chi connectivity index (χ4n) is 2.45. The summed E-state index contributed by atoms with van der Waals surface area (Å²) in [6.07, 6.45) is 0.